The minimum absolute atomic E-state index is 0.228. The van der Waals surface area contributed by atoms with Gasteiger partial charge in [-0.2, -0.15) is 0 Å². The zero-order valence-electron chi connectivity index (χ0n) is 7.91. The van der Waals surface area contributed by atoms with Gasteiger partial charge < -0.3 is 0 Å². The van der Waals surface area contributed by atoms with E-state index in [4.69, 9.17) is 0 Å². The molecule has 1 saturated carbocycles. The first-order valence-corrected chi connectivity index (χ1v) is 6.07. The van der Waals surface area contributed by atoms with Gasteiger partial charge in [-0.15, -0.1) is 0 Å². The molecule has 1 N–H and O–H groups in total. The summed E-state index contributed by atoms with van der Waals surface area (Å²) in [6, 6.07) is 0. The van der Waals surface area contributed by atoms with Crippen molar-refractivity contribution in [1.82, 2.24) is 4.72 Å². The molecule has 0 aliphatic heterocycles. The molecule has 1 fully saturated rings. The molecule has 5 heteroatoms. The summed E-state index contributed by atoms with van der Waals surface area (Å²) >= 11 is 0. The Balaban J connectivity index is 2.52. The van der Waals surface area contributed by atoms with Gasteiger partial charge in [0.15, 0.2) is 0 Å². The smallest absolute Gasteiger partial charge is 0.237 e. The molecule has 0 spiro atoms. The van der Waals surface area contributed by atoms with Crippen molar-refractivity contribution >= 4 is 15.9 Å². The average Bonchev–Trinajstić information content (AvgIpc) is 2.84. The van der Waals surface area contributed by atoms with Gasteiger partial charge in [-0.05, 0) is 19.3 Å². The Morgan fingerprint density at radius 2 is 2.08 bits per heavy atom. The predicted octanol–water partition coefficient (Wildman–Crippen LogP) is 0.641. The van der Waals surface area contributed by atoms with E-state index in [1.165, 1.54) is 0 Å². The van der Waals surface area contributed by atoms with E-state index >= 15 is 0 Å². The lowest BCUT2D eigenvalue weighted by molar-refractivity contribution is -0.122. The highest BCUT2D eigenvalue weighted by Gasteiger charge is 2.37. The van der Waals surface area contributed by atoms with Crippen LogP contribution < -0.4 is 4.72 Å². The summed E-state index contributed by atoms with van der Waals surface area (Å²) in [7, 11) is -3.34. The summed E-state index contributed by atoms with van der Waals surface area (Å²) in [5, 5.41) is -0.319. The maximum atomic E-state index is 11.3. The number of carbonyl (C=O) groups excluding carboxylic acids is 1. The lowest BCUT2D eigenvalue weighted by Crippen LogP contribution is -2.36. The Morgan fingerprint density at radius 3 is 2.46 bits per heavy atom. The molecule has 1 amide bonds. The van der Waals surface area contributed by atoms with Crippen molar-refractivity contribution in [2.75, 3.05) is 0 Å². The van der Waals surface area contributed by atoms with E-state index in [1.54, 1.807) is 6.92 Å². The van der Waals surface area contributed by atoms with Gasteiger partial charge in [0.2, 0.25) is 15.9 Å². The van der Waals surface area contributed by atoms with Gasteiger partial charge >= 0.3 is 0 Å². The second-order valence-corrected chi connectivity index (χ2v) is 5.48. The average molecular weight is 205 g/mol. The second-order valence-electron chi connectivity index (χ2n) is 3.52. The van der Waals surface area contributed by atoms with Crippen LogP contribution in [0.15, 0.2) is 0 Å². The Hall–Kier alpha value is -0.580. The topological polar surface area (TPSA) is 63.2 Å². The largest absolute Gasteiger partial charge is 0.274 e. The van der Waals surface area contributed by atoms with Crippen LogP contribution in [0.4, 0.5) is 0 Å². The van der Waals surface area contributed by atoms with E-state index in [9.17, 15) is 13.2 Å². The summed E-state index contributed by atoms with van der Waals surface area (Å²) in [6.45, 7) is 3.58. The van der Waals surface area contributed by atoms with Crippen LogP contribution in [-0.4, -0.2) is 19.6 Å². The monoisotopic (exact) mass is 205 g/mol. The van der Waals surface area contributed by atoms with Gasteiger partial charge in [-0.1, -0.05) is 13.8 Å². The maximum Gasteiger partial charge on any atom is 0.237 e. The predicted molar refractivity (Wildman–Crippen MR) is 49.5 cm³/mol. The molecule has 0 aromatic carbocycles. The number of hydrogen-bond acceptors (Lipinski definition) is 3. The van der Waals surface area contributed by atoms with Crippen molar-refractivity contribution in [2.24, 2.45) is 5.92 Å². The van der Waals surface area contributed by atoms with E-state index in [1.807, 2.05) is 6.92 Å². The molecular formula is C8H15NO3S. The van der Waals surface area contributed by atoms with Crippen LogP contribution in [0.1, 0.15) is 33.1 Å². The number of rotatable bonds is 4. The molecule has 0 aromatic rings. The molecule has 0 aromatic heterocycles. The van der Waals surface area contributed by atoms with Crippen LogP contribution in [0.5, 0.6) is 0 Å². The highest BCUT2D eigenvalue weighted by Crippen LogP contribution is 2.27. The van der Waals surface area contributed by atoms with Gasteiger partial charge in [0.1, 0.15) is 0 Å². The summed E-state index contributed by atoms with van der Waals surface area (Å²) in [5.41, 5.74) is 0. The third-order valence-corrected chi connectivity index (χ3v) is 4.10. The quantitative estimate of drug-likeness (QED) is 0.732. The molecule has 13 heavy (non-hydrogen) atoms. The summed E-state index contributed by atoms with van der Waals surface area (Å²) in [4.78, 5) is 11.2. The van der Waals surface area contributed by atoms with Crippen molar-refractivity contribution < 1.29 is 13.2 Å². The molecule has 1 aliphatic carbocycles. The molecule has 1 aliphatic rings. The number of sulfonamides is 1. The molecule has 0 radical (unpaired) electrons. The molecule has 4 nitrogen and oxygen atoms in total. The van der Waals surface area contributed by atoms with E-state index in [0.29, 0.717) is 19.3 Å². The van der Waals surface area contributed by atoms with Crippen LogP contribution in [-0.2, 0) is 14.8 Å². The standard InChI is InChI=1S/C8H15NO3S/c1-3-6(2)8(10)9-13(11,12)7-4-5-7/h6-7H,3-5H2,1-2H3,(H,9,10)/t6-/m1/s1. The minimum Gasteiger partial charge on any atom is -0.274 e. The number of amides is 1. The Morgan fingerprint density at radius 1 is 1.54 bits per heavy atom. The van der Waals surface area contributed by atoms with Gasteiger partial charge in [-0.3, -0.25) is 9.52 Å². The molecule has 0 bridgehead atoms. The lowest BCUT2D eigenvalue weighted by Gasteiger charge is -2.09. The lowest BCUT2D eigenvalue weighted by atomic mass is 10.1. The van der Waals surface area contributed by atoms with E-state index in [0.717, 1.165) is 0 Å². The van der Waals surface area contributed by atoms with Crippen molar-refractivity contribution in [3.63, 3.8) is 0 Å². The molecule has 1 rings (SSSR count). The molecule has 1 atom stereocenters. The number of carbonyl (C=O) groups is 1. The Kier molecular flexibility index (Phi) is 2.95. The second kappa shape index (κ2) is 3.65. The van der Waals surface area contributed by atoms with Crippen molar-refractivity contribution in [3.05, 3.63) is 0 Å². The zero-order valence-corrected chi connectivity index (χ0v) is 8.73. The highest BCUT2D eigenvalue weighted by molar-refractivity contribution is 7.90. The van der Waals surface area contributed by atoms with Gasteiger partial charge in [-0.25, -0.2) is 8.42 Å². The first-order valence-electron chi connectivity index (χ1n) is 4.53. The fourth-order valence-corrected chi connectivity index (χ4v) is 2.29. The van der Waals surface area contributed by atoms with Crippen LogP contribution in [0.2, 0.25) is 0 Å². The minimum atomic E-state index is -3.34. The molecule has 76 valence electrons. The van der Waals surface area contributed by atoms with Gasteiger partial charge in [0, 0.05) is 5.92 Å². The maximum absolute atomic E-state index is 11.3. The molecule has 0 saturated heterocycles. The molecule has 0 unspecified atom stereocenters. The van der Waals surface area contributed by atoms with Gasteiger partial charge in [0.25, 0.3) is 0 Å². The third-order valence-electron chi connectivity index (χ3n) is 2.27. The normalized spacial score (nSPS) is 19.5. The fraction of sp³-hybridized carbons (Fsp3) is 0.875. The highest BCUT2D eigenvalue weighted by atomic mass is 32.2. The third kappa shape index (κ3) is 2.69. The first kappa shape index (κ1) is 10.5. The van der Waals surface area contributed by atoms with E-state index < -0.39 is 10.0 Å². The fourth-order valence-electron chi connectivity index (χ4n) is 0.888. The Bertz CT molecular complexity index is 293. The molecule has 0 heterocycles. The zero-order chi connectivity index (χ0) is 10.1. The van der Waals surface area contributed by atoms with E-state index in [2.05, 4.69) is 4.72 Å². The molecular weight excluding hydrogens is 190 g/mol. The van der Waals surface area contributed by atoms with Crippen molar-refractivity contribution in [1.29, 1.82) is 0 Å². The first-order chi connectivity index (χ1) is 5.97. The van der Waals surface area contributed by atoms with E-state index in [-0.39, 0.29) is 17.1 Å². The Labute approximate surface area is 78.8 Å². The van der Waals surface area contributed by atoms with Crippen LogP contribution in [0.25, 0.3) is 0 Å². The number of nitrogens with one attached hydrogen (secondary N) is 1. The summed E-state index contributed by atoms with van der Waals surface area (Å²) in [5.74, 6) is -0.608. The van der Waals surface area contributed by atoms with Crippen molar-refractivity contribution in [3.8, 4) is 0 Å². The van der Waals surface area contributed by atoms with Crippen LogP contribution in [0, 0.1) is 5.92 Å². The van der Waals surface area contributed by atoms with Crippen LogP contribution >= 0.6 is 0 Å². The summed E-state index contributed by atoms with van der Waals surface area (Å²) < 4.78 is 24.7. The summed E-state index contributed by atoms with van der Waals surface area (Å²) in [6.07, 6.45) is 2.03. The van der Waals surface area contributed by atoms with Crippen molar-refractivity contribution in [2.45, 2.75) is 38.4 Å². The SMILES string of the molecule is CC[C@@H](C)C(=O)NS(=O)(=O)C1CC1. The van der Waals surface area contributed by atoms with Gasteiger partial charge in [0.05, 0.1) is 5.25 Å². The van der Waals surface area contributed by atoms with Crippen LogP contribution in [0.3, 0.4) is 0 Å². The number of hydrogen-bond donors (Lipinski definition) is 1.